The van der Waals surface area contributed by atoms with E-state index in [4.69, 9.17) is 32.7 Å². The van der Waals surface area contributed by atoms with Gasteiger partial charge in [0.2, 0.25) is 0 Å². The molecule has 0 saturated carbocycles. The number of nitrogens with two attached hydrogens (primary N) is 2. The van der Waals surface area contributed by atoms with Gasteiger partial charge >= 0.3 is 0 Å². The smallest absolute Gasteiger partial charge is 0.273 e. The second kappa shape index (κ2) is 2.19. The highest BCUT2D eigenvalue weighted by atomic mass is 16.5. The first-order valence-electron chi connectivity index (χ1n) is 2.87. The van der Waals surface area contributed by atoms with E-state index in [2.05, 4.69) is 0 Å². The lowest BCUT2D eigenvalue weighted by molar-refractivity contribution is 0.0967. The van der Waals surface area contributed by atoms with Gasteiger partial charge in [0.1, 0.15) is 5.69 Å². The summed E-state index contributed by atoms with van der Waals surface area (Å²) in [6.07, 6.45) is 0. The van der Waals surface area contributed by atoms with Crippen molar-refractivity contribution < 1.29 is 10.4 Å². The molecule has 0 unspecified atom stereocenters. The lowest BCUT2D eigenvalue weighted by Gasteiger charge is -2.07. The lowest BCUT2D eigenvalue weighted by atomic mass is 10.5. The molecule has 0 aliphatic rings. The van der Waals surface area contributed by atoms with Gasteiger partial charge in [-0.25, -0.2) is 0 Å². The normalized spacial score (nSPS) is 10.0. The van der Waals surface area contributed by atoms with E-state index in [0.29, 0.717) is 0 Å². The fourth-order valence-corrected chi connectivity index (χ4v) is 0.659. The zero-order valence-electron chi connectivity index (χ0n) is 5.94. The van der Waals surface area contributed by atoms with Gasteiger partial charge in [-0.1, -0.05) is 0 Å². The Morgan fingerprint density at radius 3 is 2.08 bits per heavy atom. The number of hydrogen-bond donors (Lipinski definition) is 6. The maximum atomic E-state index is 8.95. The Morgan fingerprint density at radius 2 is 1.58 bits per heavy atom. The average Bonchev–Trinajstić information content (AvgIpc) is 2.08. The van der Waals surface area contributed by atoms with Crippen molar-refractivity contribution in [2.75, 3.05) is 11.5 Å². The summed E-state index contributed by atoms with van der Waals surface area (Å²) in [5.41, 5.74) is 8.79. The molecule has 0 aliphatic carbocycles. The van der Waals surface area contributed by atoms with Crippen LogP contribution in [0.2, 0.25) is 0 Å². The summed E-state index contributed by atoms with van der Waals surface area (Å²) in [7, 11) is 0. The van der Waals surface area contributed by atoms with Gasteiger partial charge < -0.3 is 21.9 Å². The third-order valence-electron chi connectivity index (χ3n) is 1.37. The number of nitrogens with zero attached hydrogens (tertiary/aromatic N) is 2. The van der Waals surface area contributed by atoms with Gasteiger partial charge in [-0.3, -0.25) is 10.8 Å². The zero-order valence-corrected chi connectivity index (χ0v) is 5.94. The molecule has 0 aliphatic heterocycles. The Bertz CT molecular complexity index is 391. The van der Waals surface area contributed by atoms with Crippen molar-refractivity contribution in [3.05, 3.63) is 11.1 Å². The van der Waals surface area contributed by atoms with Gasteiger partial charge in [-0.05, 0) is 0 Å². The first kappa shape index (κ1) is 7.98. The standard InChI is InChI=1S/C4H8N6O2/c5-1-2(6)9(11)4(8)10(12)3(1)7/h6,8,11-12H,5,7H2. The van der Waals surface area contributed by atoms with Crippen LogP contribution in [-0.2, 0) is 0 Å². The van der Waals surface area contributed by atoms with Gasteiger partial charge in [-0.15, -0.1) is 9.46 Å². The molecule has 1 rings (SSSR count). The molecule has 8 heteroatoms. The number of rotatable bonds is 0. The first-order valence-corrected chi connectivity index (χ1v) is 2.87. The molecule has 1 aromatic rings. The average molecular weight is 172 g/mol. The number of nitrogens with one attached hydrogen (secondary N) is 2. The van der Waals surface area contributed by atoms with Crippen molar-refractivity contribution in [2.24, 2.45) is 0 Å². The van der Waals surface area contributed by atoms with Crippen LogP contribution in [0.25, 0.3) is 0 Å². The molecular formula is C4H8N6O2. The second-order valence-electron chi connectivity index (χ2n) is 2.09. The fraction of sp³-hybridized carbons (Fsp3) is 0. The molecule has 1 heterocycles. The summed E-state index contributed by atoms with van der Waals surface area (Å²) in [6, 6.07) is 0. The van der Waals surface area contributed by atoms with Crippen LogP contribution in [0.4, 0.5) is 11.5 Å². The predicted octanol–water partition coefficient (Wildman–Crippen LogP) is -2.11. The van der Waals surface area contributed by atoms with Crippen LogP contribution < -0.4 is 22.6 Å². The molecule has 0 bridgehead atoms. The van der Waals surface area contributed by atoms with E-state index < -0.39 is 11.1 Å². The maximum absolute atomic E-state index is 8.95. The molecule has 12 heavy (non-hydrogen) atoms. The van der Waals surface area contributed by atoms with Crippen molar-refractivity contribution in [1.82, 2.24) is 9.46 Å². The monoisotopic (exact) mass is 172 g/mol. The summed E-state index contributed by atoms with van der Waals surface area (Å²) in [5.74, 6) is -0.352. The molecule has 0 amide bonds. The predicted molar refractivity (Wildman–Crippen MR) is 37.3 cm³/mol. The lowest BCUT2D eigenvalue weighted by Crippen LogP contribution is -2.40. The number of anilines is 2. The van der Waals surface area contributed by atoms with E-state index in [0.717, 1.165) is 0 Å². The summed E-state index contributed by atoms with van der Waals surface area (Å²) >= 11 is 0. The summed E-state index contributed by atoms with van der Waals surface area (Å²) in [6.45, 7) is 0. The SMILES string of the molecule is N=c1c(N)c(N)n(O)c(=N)n1O. The largest absolute Gasteiger partial charge is 0.423 e. The summed E-state index contributed by atoms with van der Waals surface area (Å²) in [4.78, 5) is 0. The Hall–Kier alpha value is -2.12. The molecule has 0 aromatic carbocycles. The third kappa shape index (κ3) is 0.779. The third-order valence-corrected chi connectivity index (χ3v) is 1.37. The van der Waals surface area contributed by atoms with Crippen LogP contribution in [0, 0.1) is 10.8 Å². The minimum absolute atomic E-state index is 0.103. The van der Waals surface area contributed by atoms with E-state index in [-0.39, 0.29) is 21.0 Å². The van der Waals surface area contributed by atoms with Crippen LogP contribution in [0.1, 0.15) is 0 Å². The van der Waals surface area contributed by atoms with Crippen LogP contribution >= 0.6 is 0 Å². The van der Waals surface area contributed by atoms with Crippen molar-refractivity contribution >= 4 is 11.5 Å². The van der Waals surface area contributed by atoms with E-state index in [1.54, 1.807) is 0 Å². The fourth-order valence-electron chi connectivity index (χ4n) is 0.659. The summed E-state index contributed by atoms with van der Waals surface area (Å²) < 4.78 is 0.277. The first-order chi connectivity index (χ1) is 5.46. The topological polar surface area (TPSA) is 150 Å². The van der Waals surface area contributed by atoms with Crippen molar-refractivity contribution in [2.45, 2.75) is 0 Å². The summed E-state index contributed by atoms with van der Waals surface area (Å²) in [5, 5.41) is 31.9. The molecule has 1 aromatic heterocycles. The zero-order chi connectivity index (χ0) is 9.46. The Kier molecular flexibility index (Phi) is 1.45. The van der Waals surface area contributed by atoms with Crippen LogP contribution in [0.5, 0.6) is 0 Å². The van der Waals surface area contributed by atoms with E-state index in [1.807, 2.05) is 0 Å². The minimum Gasteiger partial charge on any atom is -0.423 e. The molecule has 0 atom stereocenters. The maximum Gasteiger partial charge on any atom is 0.273 e. The molecule has 8 nitrogen and oxygen atoms in total. The number of nitrogen functional groups attached to an aromatic ring is 2. The Balaban J connectivity index is 3.86. The molecule has 66 valence electrons. The van der Waals surface area contributed by atoms with E-state index in [9.17, 15) is 0 Å². The van der Waals surface area contributed by atoms with Crippen LogP contribution in [-0.4, -0.2) is 19.9 Å². The van der Waals surface area contributed by atoms with Crippen LogP contribution in [0.3, 0.4) is 0 Å². The molecule has 0 spiro atoms. The van der Waals surface area contributed by atoms with Gasteiger partial charge in [0.15, 0.2) is 11.3 Å². The molecule has 0 saturated heterocycles. The van der Waals surface area contributed by atoms with Crippen LogP contribution in [0.15, 0.2) is 0 Å². The second-order valence-corrected chi connectivity index (χ2v) is 2.09. The van der Waals surface area contributed by atoms with Crippen molar-refractivity contribution in [3.8, 4) is 0 Å². The Labute approximate surface area is 65.8 Å². The molecular weight excluding hydrogens is 164 g/mol. The molecule has 0 fully saturated rings. The highest BCUT2D eigenvalue weighted by Gasteiger charge is 2.07. The van der Waals surface area contributed by atoms with Crippen molar-refractivity contribution in [1.29, 1.82) is 10.8 Å². The molecule has 0 radical (unpaired) electrons. The van der Waals surface area contributed by atoms with E-state index in [1.165, 1.54) is 0 Å². The number of hydrogen-bond acceptors (Lipinski definition) is 6. The Morgan fingerprint density at radius 1 is 1.08 bits per heavy atom. The molecule has 8 N–H and O–H groups in total. The quantitative estimate of drug-likeness (QED) is 0.248. The number of aromatic nitrogens is 2. The van der Waals surface area contributed by atoms with Crippen molar-refractivity contribution in [3.63, 3.8) is 0 Å². The van der Waals surface area contributed by atoms with Gasteiger partial charge in [-0.2, -0.15) is 0 Å². The highest BCUT2D eigenvalue weighted by Crippen LogP contribution is 2.01. The highest BCUT2D eigenvalue weighted by molar-refractivity contribution is 5.55. The van der Waals surface area contributed by atoms with Gasteiger partial charge in [0.05, 0.1) is 0 Å². The van der Waals surface area contributed by atoms with E-state index >= 15 is 0 Å². The minimum atomic E-state index is -0.744. The van der Waals surface area contributed by atoms with Gasteiger partial charge in [0, 0.05) is 0 Å². The van der Waals surface area contributed by atoms with Gasteiger partial charge in [0.25, 0.3) is 5.62 Å².